The molecule has 110 valence electrons. The lowest BCUT2D eigenvalue weighted by molar-refractivity contribution is -0.208. The van der Waals surface area contributed by atoms with Crippen LogP contribution in [0.4, 0.5) is 0 Å². The van der Waals surface area contributed by atoms with Gasteiger partial charge in [-0.1, -0.05) is 36.8 Å². The highest BCUT2D eigenvalue weighted by Crippen LogP contribution is 2.35. The summed E-state index contributed by atoms with van der Waals surface area (Å²) in [6, 6.07) is 10.3. The number of carbonyl (C=O) groups excluding carboxylic acids is 1. The van der Waals surface area contributed by atoms with E-state index < -0.39 is 14.1 Å². The second kappa shape index (κ2) is 6.10. The summed E-state index contributed by atoms with van der Waals surface area (Å²) in [6.45, 7) is 5.81. The van der Waals surface area contributed by atoms with E-state index in [9.17, 15) is 4.79 Å². The molecule has 1 fully saturated rings. The van der Waals surface area contributed by atoms with E-state index in [4.69, 9.17) is 9.16 Å². The van der Waals surface area contributed by atoms with Crippen molar-refractivity contribution < 1.29 is 14.0 Å². The van der Waals surface area contributed by atoms with Crippen LogP contribution in [0.2, 0.25) is 13.1 Å². The number of hydrogen-bond donors (Lipinski definition) is 0. The van der Waals surface area contributed by atoms with Crippen molar-refractivity contribution in [3.63, 3.8) is 0 Å². The zero-order chi connectivity index (χ0) is 14.6. The maximum absolute atomic E-state index is 11.5. The van der Waals surface area contributed by atoms with E-state index in [-0.39, 0.29) is 5.97 Å². The number of benzene rings is 1. The molecule has 0 bridgehead atoms. The Balaban J connectivity index is 2.20. The fraction of sp³-hybridized carbons (Fsp3) is 0.562. The number of esters is 1. The van der Waals surface area contributed by atoms with Gasteiger partial charge in [0, 0.05) is 19.8 Å². The number of hydrogen-bond acceptors (Lipinski definition) is 3. The third-order valence-electron chi connectivity index (χ3n) is 3.86. The van der Waals surface area contributed by atoms with Crippen LogP contribution in [0.15, 0.2) is 30.3 Å². The standard InChI is InChI=1S/C16H24O3Si/c1-14(17)18-16(12-8-5-9-13-16)19-20(2,3)15-10-6-4-7-11-15/h4,6-7,10-11H,5,8-9,12-13H2,1-3H3. The first-order valence-corrected chi connectivity index (χ1v) is 10.3. The fourth-order valence-corrected chi connectivity index (χ4v) is 5.23. The van der Waals surface area contributed by atoms with Crippen molar-refractivity contribution in [1.82, 2.24) is 0 Å². The summed E-state index contributed by atoms with van der Waals surface area (Å²) in [5, 5.41) is 1.23. The van der Waals surface area contributed by atoms with Gasteiger partial charge < -0.3 is 9.16 Å². The first-order valence-electron chi connectivity index (χ1n) is 7.39. The van der Waals surface area contributed by atoms with Crippen molar-refractivity contribution in [2.75, 3.05) is 0 Å². The third-order valence-corrected chi connectivity index (χ3v) is 6.46. The van der Waals surface area contributed by atoms with Crippen LogP contribution in [0.25, 0.3) is 0 Å². The quantitative estimate of drug-likeness (QED) is 0.485. The fourth-order valence-electron chi connectivity index (χ4n) is 2.94. The van der Waals surface area contributed by atoms with E-state index in [1.807, 2.05) is 18.2 Å². The van der Waals surface area contributed by atoms with Crippen LogP contribution in [-0.4, -0.2) is 20.1 Å². The monoisotopic (exact) mass is 292 g/mol. The Morgan fingerprint density at radius 2 is 1.70 bits per heavy atom. The average Bonchev–Trinajstić information content (AvgIpc) is 2.39. The zero-order valence-electron chi connectivity index (χ0n) is 12.6. The van der Waals surface area contributed by atoms with E-state index >= 15 is 0 Å². The Labute approximate surface area is 122 Å². The summed E-state index contributed by atoms with van der Waals surface area (Å²) in [6.07, 6.45) is 4.95. The van der Waals surface area contributed by atoms with E-state index in [2.05, 4.69) is 25.2 Å². The SMILES string of the molecule is CC(=O)OC1(O[Si](C)(C)c2ccccc2)CCCCC1. The van der Waals surface area contributed by atoms with Crippen molar-refractivity contribution in [2.45, 2.75) is 57.9 Å². The molecule has 0 atom stereocenters. The van der Waals surface area contributed by atoms with Gasteiger partial charge in [-0.05, 0) is 31.1 Å². The van der Waals surface area contributed by atoms with Crippen LogP contribution in [0.5, 0.6) is 0 Å². The van der Waals surface area contributed by atoms with E-state index in [0.29, 0.717) is 0 Å². The Kier molecular flexibility index (Phi) is 4.65. The largest absolute Gasteiger partial charge is 0.434 e. The molecule has 0 amide bonds. The molecule has 0 spiro atoms. The Hall–Kier alpha value is -1.13. The normalized spacial score (nSPS) is 18.6. The molecule has 4 heteroatoms. The van der Waals surface area contributed by atoms with Gasteiger partial charge in [0.05, 0.1) is 0 Å². The Morgan fingerprint density at radius 1 is 1.10 bits per heavy atom. The molecule has 0 aromatic heterocycles. The van der Waals surface area contributed by atoms with Crippen LogP contribution in [0.3, 0.4) is 0 Å². The van der Waals surface area contributed by atoms with Crippen molar-refractivity contribution in [2.24, 2.45) is 0 Å². The minimum atomic E-state index is -2.08. The summed E-state index contributed by atoms with van der Waals surface area (Å²) in [5.74, 6) is -0.944. The molecule has 2 rings (SSSR count). The van der Waals surface area contributed by atoms with Gasteiger partial charge in [0.1, 0.15) is 0 Å². The smallest absolute Gasteiger partial charge is 0.305 e. The minimum absolute atomic E-state index is 0.246. The maximum atomic E-state index is 11.5. The molecule has 0 N–H and O–H groups in total. The molecular formula is C16H24O3Si. The minimum Gasteiger partial charge on any atom is -0.434 e. The maximum Gasteiger partial charge on any atom is 0.305 e. The molecule has 1 aliphatic rings. The van der Waals surface area contributed by atoms with Gasteiger partial charge in [-0.15, -0.1) is 0 Å². The molecule has 0 aliphatic heterocycles. The summed E-state index contributed by atoms with van der Waals surface area (Å²) < 4.78 is 12.1. The van der Waals surface area contributed by atoms with Crippen LogP contribution >= 0.6 is 0 Å². The molecule has 1 aliphatic carbocycles. The summed E-state index contributed by atoms with van der Waals surface area (Å²) in [4.78, 5) is 11.5. The molecular weight excluding hydrogens is 268 g/mol. The molecule has 1 saturated carbocycles. The lowest BCUT2D eigenvalue weighted by Gasteiger charge is -2.41. The van der Waals surface area contributed by atoms with Crippen LogP contribution < -0.4 is 5.19 Å². The topological polar surface area (TPSA) is 35.5 Å². The van der Waals surface area contributed by atoms with E-state index in [0.717, 1.165) is 25.7 Å². The highest BCUT2D eigenvalue weighted by molar-refractivity contribution is 6.84. The van der Waals surface area contributed by atoms with Gasteiger partial charge in [0.15, 0.2) is 0 Å². The first kappa shape index (κ1) is 15.3. The van der Waals surface area contributed by atoms with Crippen molar-refractivity contribution in [1.29, 1.82) is 0 Å². The predicted molar refractivity (Wildman–Crippen MR) is 82.2 cm³/mol. The summed E-state index contributed by atoms with van der Waals surface area (Å²) in [7, 11) is -2.08. The van der Waals surface area contributed by atoms with Gasteiger partial charge in [-0.2, -0.15) is 0 Å². The van der Waals surface area contributed by atoms with Gasteiger partial charge in [0.25, 0.3) is 0 Å². The summed E-state index contributed by atoms with van der Waals surface area (Å²) >= 11 is 0. The van der Waals surface area contributed by atoms with Crippen molar-refractivity contribution >= 4 is 19.5 Å². The van der Waals surface area contributed by atoms with E-state index in [1.54, 1.807) is 0 Å². The Morgan fingerprint density at radius 3 is 2.25 bits per heavy atom. The highest BCUT2D eigenvalue weighted by atomic mass is 28.4. The third kappa shape index (κ3) is 3.70. The molecule has 0 radical (unpaired) electrons. The molecule has 1 aromatic rings. The van der Waals surface area contributed by atoms with E-state index in [1.165, 1.54) is 18.5 Å². The lowest BCUT2D eigenvalue weighted by atomic mass is 9.94. The number of rotatable bonds is 4. The van der Waals surface area contributed by atoms with Gasteiger partial charge in [-0.3, -0.25) is 4.79 Å². The van der Waals surface area contributed by atoms with Gasteiger partial charge >= 0.3 is 5.97 Å². The van der Waals surface area contributed by atoms with Gasteiger partial charge in [-0.25, -0.2) is 0 Å². The number of ether oxygens (including phenoxy) is 1. The van der Waals surface area contributed by atoms with Crippen LogP contribution in [-0.2, 0) is 14.0 Å². The predicted octanol–water partition coefficient (Wildman–Crippen LogP) is 3.34. The van der Waals surface area contributed by atoms with Crippen LogP contribution in [0, 0.1) is 0 Å². The molecule has 1 aromatic carbocycles. The van der Waals surface area contributed by atoms with Crippen molar-refractivity contribution in [3.05, 3.63) is 30.3 Å². The molecule has 0 heterocycles. The Bertz CT molecular complexity index is 450. The molecule has 20 heavy (non-hydrogen) atoms. The lowest BCUT2D eigenvalue weighted by Crippen LogP contribution is -2.54. The van der Waals surface area contributed by atoms with Crippen LogP contribution in [0.1, 0.15) is 39.0 Å². The molecule has 0 unspecified atom stereocenters. The first-order chi connectivity index (χ1) is 9.44. The molecule has 0 saturated heterocycles. The number of carbonyl (C=O) groups is 1. The summed E-state index contributed by atoms with van der Waals surface area (Å²) in [5.41, 5.74) is 0. The average molecular weight is 292 g/mol. The van der Waals surface area contributed by atoms with Crippen molar-refractivity contribution in [3.8, 4) is 0 Å². The highest BCUT2D eigenvalue weighted by Gasteiger charge is 2.42. The second-order valence-corrected chi connectivity index (χ2v) is 9.85. The second-order valence-electron chi connectivity index (χ2n) is 6.04. The zero-order valence-corrected chi connectivity index (χ0v) is 13.6. The molecule has 3 nitrogen and oxygen atoms in total. The van der Waals surface area contributed by atoms with Gasteiger partial charge in [0.2, 0.25) is 14.1 Å².